The van der Waals surface area contributed by atoms with Gasteiger partial charge in [-0.25, -0.2) is 4.68 Å². The van der Waals surface area contributed by atoms with Gasteiger partial charge in [-0.15, -0.1) is 0 Å². The standard InChI is InChI=1S/C19H26N4O3/c1-4-14-7-5-6-8-22(14)18(24)11-23-19(25)16(20)10-17(21-23)15-9-12(2)26-13(15)3/h9-10,14H,4-8,11,20H2,1-3H3/t14-/m1/s1. The van der Waals surface area contributed by atoms with Crippen LogP contribution in [-0.4, -0.2) is 33.2 Å². The minimum Gasteiger partial charge on any atom is -0.466 e. The molecule has 0 unspecified atom stereocenters. The molecule has 2 aromatic rings. The van der Waals surface area contributed by atoms with E-state index in [-0.39, 0.29) is 24.2 Å². The second kappa shape index (κ2) is 7.35. The molecule has 1 amide bonds. The summed E-state index contributed by atoms with van der Waals surface area (Å²) in [7, 11) is 0. The Hall–Kier alpha value is -2.57. The minimum atomic E-state index is -0.440. The van der Waals surface area contributed by atoms with Gasteiger partial charge < -0.3 is 15.1 Å². The monoisotopic (exact) mass is 358 g/mol. The molecule has 26 heavy (non-hydrogen) atoms. The molecule has 0 aromatic carbocycles. The molecule has 0 radical (unpaired) electrons. The molecule has 1 atom stereocenters. The Bertz CT molecular complexity index is 868. The van der Waals surface area contributed by atoms with Gasteiger partial charge in [0.25, 0.3) is 5.56 Å². The van der Waals surface area contributed by atoms with Crippen LogP contribution in [0.5, 0.6) is 0 Å². The Balaban J connectivity index is 1.91. The highest BCUT2D eigenvalue weighted by Crippen LogP contribution is 2.25. The maximum atomic E-state index is 12.8. The van der Waals surface area contributed by atoms with Gasteiger partial charge in [0, 0.05) is 18.2 Å². The van der Waals surface area contributed by atoms with E-state index in [0.29, 0.717) is 11.5 Å². The molecular formula is C19H26N4O3. The zero-order valence-electron chi connectivity index (χ0n) is 15.6. The van der Waals surface area contributed by atoms with Crippen LogP contribution >= 0.6 is 0 Å². The van der Waals surface area contributed by atoms with Crippen molar-refractivity contribution in [2.24, 2.45) is 0 Å². The number of piperidine rings is 1. The number of hydrogen-bond donors (Lipinski definition) is 1. The molecule has 0 spiro atoms. The van der Waals surface area contributed by atoms with Gasteiger partial charge >= 0.3 is 0 Å². The highest BCUT2D eigenvalue weighted by atomic mass is 16.3. The van der Waals surface area contributed by atoms with E-state index in [0.717, 1.165) is 43.6 Å². The fraction of sp³-hybridized carbons (Fsp3) is 0.526. The summed E-state index contributed by atoms with van der Waals surface area (Å²) in [5.74, 6) is 1.38. The predicted octanol–water partition coefficient (Wildman–Crippen LogP) is 2.49. The fourth-order valence-electron chi connectivity index (χ4n) is 3.66. The Labute approximate surface area is 152 Å². The lowest BCUT2D eigenvalue weighted by molar-refractivity contribution is -0.135. The first-order valence-corrected chi connectivity index (χ1v) is 9.15. The number of nitrogens with two attached hydrogens (primary N) is 1. The Morgan fingerprint density at radius 3 is 2.77 bits per heavy atom. The van der Waals surface area contributed by atoms with Crippen molar-refractivity contribution in [2.45, 2.75) is 59.0 Å². The third-order valence-corrected chi connectivity index (χ3v) is 5.02. The Morgan fingerprint density at radius 2 is 2.12 bits per heavy atom. The van der Waals surface area contributed by atoms with E-state index in [4.69, 9.17) is 10.2 Å². The number of carbonyl (C=O) groups is 1. The second-order valence-corrected chi connectivity index (χ2v) is 6.92. The smallest absolute Gasteiger partial charge is 0.290 e. The van der Waals surface area contributed by atoms with Gasteiger partial charge in [-0.3, -0.25) is 9.59 Å². The number of aryl methyl sites for hydroxylation is 2. The topological polar surface area (TPSA) is 94.4 Å². The summed E-state index contributed by atoms with van der Waals surface area (Å²) in [6, 6.07) is 3.63. The molecule has 7 heteroatoms. The summed E-state index contributed by atoms with van der Waals surface area (Å²) < 4.78 is 6.72. The normalized spacial score (nSPS) is 17.5. The number of furan rings is 1. The Kier molecular flexibility index (Phi) is 5.15. The van der Waals surface area contributed by atoms with Crippen molar-refractivity contribution in [1.82, 2.24) is 14.7 Å². The van der Waals surface area contributed by atoms with Crippen LogP contribution < -0.4 is 11.3 Å². The molecule has 1 aliphatic rings. The average Bonchev–Trinajstić information content (AvgIpc) is 2.96. The SMILES string of the molecule is CC[C@@H]1CCCCN1C(=O)Cn1nc(-c2cc(C)oc2C)cc(N)c1=O. The van der Waals surface area contributed by atoms with Crippen molar-refractivity contribution in [3.8, 4) is 11.3 Å². The molecule has 0 bridgehead atoms. The molecule has 140 valence electrons. The minimum absolute atomic E-state index is 0.0757. The number of carbonyl (C=O) groups excluding carboxylic acids is 1. The number of hydrogen-bond acceptors (Lipinski definition) is 5. The van der Waals surface area contributed by atoms with Gasteiger partial charge in [-0.1, -0.05) is 6.92 Å². The predicted molar refractivity (Wildman–Crippen MR) is 99.7 cm³/mol. The molecule has 3 heterocycles. The van der Waals surface area contributed by atoms with Gasteiger partial charge in [-0.05, 0) is 51.7 Å². The van der Waals surface area contributed by atoms with Gasteiger partial charge in [0.05, 0.1) is 5.69 Å². The van der Waals surface area contributed by atoms with Crippen molar-refractivity contribution in [3.63, 3.8) is 0 Å². The highest BCUT2D eigenvalue weighted by Gasteiger charge is 2.26. The highest BCUT2D eigenvalue weighted by molar-refractivity contribution is 5.76. The van der Waals surface area contributed by atoms with E-state index in [1.54, 1.807) is 0 Å². The number of rotatable bonds is 4. The maximum Gasteiger partial charge on any atom is 0.290 e. The van der Waals surface area contributed by atoms with Crippen molar-refractivity contribution < 1.29 is 9.21 Å². The Morgan fingerprint density at radius 1 is 1.35 bits per heavy atom. The largest absolute Gasteiger partial charge is 0.466 e. The van der Waals surface area contributed by atoms with Gasteiger partial charge in [-0.2, -0.15) is 5.10 Å². The van der Waals surface area contributed by atoms with Crippen LogP contribution in [0, 0.1) is 13.8 Å². The van der Waals surface area contributed by atoms with Crippen molar-refractivity contribution >= 4 is 11.6 Å². The van der Waals surface area contributed by atoms with Crippen molar-refractivity contribution in [3.05, 3.63) is 34.0 Å². The lowest BCUT2D eigenvalue weighted by atomic mass is 10.00. The summed E-state index contributed by atoms with van der Waals surface area (Å²) in [6.45, 7) is 6.41. The number of likely N-dealkylation sites (tertiary alicyclic amines) is 1. The molecule has 3 rings (SSSR count). The molecular weight excluding hydrogens is 332 g/mol. The zero-order chi connectivity index (χ0) is 18.8. The molecule has 1 saturated heterocycles. The summed E-state index contributed by atoms with van der Waals surface area (Å²) in [5.41, 5.74) is 6.84. The third kappa shape index (κ3) is 3.52. The number of anilines is 1. The third-order valence-electron chi connectivity index (χ3n) is 5.02. The molecule has 0 saturated carbocycles. The second-order valence-electron chi connectivity index (χ2n) is 6.92. The van der Waals surface area contributed by atoms with Crippen LogP contribution in [0.4, 0.5) is 5.69 Å². The molecule has 2 aromatic heterocycles. The summed E-state index contributed by atoms with van der Waals surface area (Å²) in [6.07, 6.45) is 4.08. The fourth-order valence-corrected chi connectivity index (χ4v) is 3.66. The number of amides is 1. The van der Waals surface area contributed by atoms with E-state index < -0.39 is 5.56 Å². The first-order chi connectivity index (χ1) is 12.4. The number of nitrogens with zero attached hydrogens (tertiary/aromatic N) is 3. The quantitative estimate of drug-likeness (QED) is 0.906. The van der Waals surface area contributed by atoms with E-state index in [2.05, 4.69) is 12.0 Å². The van der Waals surface area contributed by atoms with E-state index >= 15 is 0 Å². The van der Waals surface area contributed by atoms with E-state index in [1.165, 1.54) is 10.7 Å². The molecule has 1 aliphatic heterocycles. The van der Waals surface area contributed by atoms with Crippen molar-refractivity contribution in [1.29, 1.82) is 0 Å². The van der Waals surface area contributed by atoms with Crippen molar-refractivity contribution in [2.75, 3.05) is 12.3 Å². The maximum absolute atomic E-state index is 12.8. The molecule has 7 nitrogen and oxygen atoms in total. The average molecular weight is 358 g/mol. The molecule has 2 N–H and O–H groups in total. The first kappa shape index (κ1) is 18.2. The van der Waals surface area contributed by atoms with E-state index in [9.17, 15) is 9.59 Å². The summed E-state index contributed by atoms with van der Waals surface area (Å²) in [5, 5.41) is 4.38. The summed E-state index contributed by atoms with van der Waals surface area (Å²) >= 11 is 0. The van der Waals surface area contributed by atoms with E-state index in [1.807, 2.05) is 24.8 Å². The molecule has 1 fully saturated rings. The zero-order valence-corrected chi connectivity index (χ0v) is 15.6. The van der Waals surface area contributed by atoms with Crippen LogP contribution in [0.15, 0.2) is 21.3 Å². The lowest BCUT2D eigenvalue weighted by Crippen LogP contribution is -2.46. The molecule has 0 aliphatic carbocycles. The number of nitrogen functional groups attached to an aromatic ring is 1. The first-order valence-electron chi connectivity index (χ1n) is 9.15. The van der Waals surface area contributed by atoms with Gasteiger partial charge in [0.1, 0.15) is 23.8 Å². The van der Waals surface area contributed by atoms with Crippen LogP contribution in [-0.2, 0) is 11.3 Å². The summed E-state index contributed by atoms with van der Waals surface area (Å²) in [4.78, 5) is 27.1. The number of aromatic nitrogens is 2. The van der Waals surface area contributed by atoms with Crippen LogP contribution in [0.3, 0.4) is 0 Å². The van der Waals surface area contributed by atoms with Crippen LogP contribution in [0.1, 0.15) is 44.1 Å². The van der Waals surface area contributed by atoms with Crippen LogP contribution in [0.25, 0.3) is 11.3 Å². The van der Waals surface area contributed by atoms with Crippen LogP contribution in [0.2, 0.25) is 0 Å². The lowest BCUT2D eigenvalue weighted by Gasteiger charge is -2.35. The van der Waals surface area contributed by atoms with Gasteiger partial charge in [0.2, 0.25) is 5.91 Å². The van der Waals surface area contributed by atoms with Gasteiger partial charge in [0.15, 0.2) is 0 Å².